The molecule has 0 bridgehead atoms. The third-order valence-electron chi connectivity index (χ3n) is 6.02. The molecule has 32 heavy (non-hydrogen) atoms. The highest BCUT2D eigenvalue weighted by Crippen LogP contribution is 2.45. The van der Waals surface area contributed by atoms with E-state index < -0.39 is 22.5 Å². The van der Waals surface area contributed by atoms with Crippen LogP contribution in [0.4, 0.5) is 17.1 Å². The summed E-state index contributed by atoms with van der Waals surface area (Å²) in [4.78, 5) is 46.7. The lowest BCUT2D eigenvalue weighted by molar-refractivity contribution is 0.0819. The Morgan fingerprint density at radius 1 is 1.12 bits per heavy atom. The van der Waals surface area contributed by atoms with Gasteiger partial charge in [0.25, 0.3) is 16.8 Å². The van der Waals surface area contributed by atoms with E-state index in [-0.39, 0.29) is 34.2 Å². The number of hydrogen-bond donors (Lipinski definition) is 3. The van der Waals surface area contributed by atoms with E-state index in [9.17, 15) is 19.5 Å². The van der Waals surface area contributed by atoms with Crippen LogP contribution in [0.15, 0.2) is 40.2 Å². The average Bonchev–Trinajstić information content (AvgIpc) is 2.77. The van der Waals surface area contributed by atoms with E-state index in [2.05, 4.69) is 34.4 Å². The molecular formula is C23H25N5O4. The van der Waals surface area contributed by atoms with Crippen molar-refractivity contribution in [2.45, 2.75) is 32.7 Å². The summed E-state index contributed by atoms with van der Waals surface area (Å²) >= 11 is 0. The Bertz CT molecular complexity index is 1270. The molecule has 2 aromatic heterocycles. The normalized spacial score (nSPS) is 16.9. The number of aromatic nitrogens is 2. The van der Waals surface area contributed by atoms with E-state index >= 15 is 0 Å². The van der Waals surface area contributed by atoms with Crippen molar-refractivity contribution < 1.29 is 9.90 Å². The quantitative estimate of drug-likeness (QED) is 0.522. The lowest BCUT2D eigenvalue weighted by atomic mass is 9.71. The first kappa shape index (κ1) is 21.5. The van der Waals surface area contributed by atoms with Crippen LogP contribution in [-0.4, -0.2) is 40.0 Å². The standard InChI is InChI=1S/C23H25N5O4/c1-23(2)9-7-13-12(6-5-10-24-13)21(23)27-16-15(19(30)20(16)31)26-14-8-11-25-17(18(14)29)22(32)28(3)4/h5-6,8,10-11,21,27,29H,7,9H2,1-4H3,(H,25,26). The van der Waals surface area contributed by atoms with Crippen molar-refractivity contribution in [1.29, 1.82) is 0 Å². The first-order valence-corrected chi connectivity index (χ1v) is 10.3. The Morgan fingerprint density at radius 3 is 2.56 bits per heavy atom. The summed E-state index contributed by atoms with van der Waals surface area (Å²) in [6, 6.07) is 5.05. The molecule has 0 fully saturated rings. The maximum atomic E-state index is 12.4. The van der Waals surface area contributed by atoms with Gasteiger partial charge in [-0.3, -0.25) is 19.4 Å². The molecule has 1 amide bonds. The van der Waals surface area contributed by atoms with Crippen LogP contribution in [0, 0.1) is 5.41 Å². The molecule has 9 heteroatoms. The molecule has 1 aliphatic rings. The van der Waals surface area contributed by atoms with Crippen LogP contribution in [0.25, 0.3) is 0 Å². The second-order valence-electron chi connectivity index (χ2n) is 8.89. The number of aromatic hydroxyl groups is 1. The topological polar surface area (TPSA) is 125 Å². The number of anilines is 3. The summed E-state index contributed by atoms with van der Waals surface area (Å²) in [5.74, 6) is -0.875. The van der Waals surface area contributed by atoms with Crippen LogP contribution in [0.3, 0.4) is 0 Å². The van der Waals surface area contributed by atoms with Gasteiger partial charge in [-0.1, -0.05) is 19.9 Å². The number of carbonyl (C=O) groups excluding carboxylic acids is 1. The van der Waals surface area contributed by atoms with Gasteiger partial charge < -0.3 is 20.6 Å². The van der Waals surface area contributed by atoms with Crippen LogP contribution < -0.4 is 21.5 Å². The number of aryl methyl sites for hydroxylation is 1. The third kappa shape index (κ3) is 3.49. The summed E-state index contributed by atoms with van der Waals surface area (Å²) in [5.41, 5.74) is 0.628. The van der Waals surface area contributed by atoms with E-state index in [1.54, 1.807) is 20.3 Å². The molecule has 0 saturated heterocycles. The fourth-order valence-electron chi connectivity index (χ4n) is 4.05. The molecular weight excluding hydrogens is 410 g/mol. The van der Waals surface area contributed by atoms with Crippen molar-refractivity contribution in [2.75, 3.05) is 24.7 Å². The fourth-order valence-corrected chi connectivity index (χ4v) is 4.05. The van der Waals surface area contributed by atoms with Gasteiger partial charge in [-0.05, 0) is 36.0 Å². The number of rotatable bonds is 5. The van der Waals surface area contributed by atoms with Crippen molar-refractivity contribution in [1.82, 2.24) is 14.9 Å². The smallest absolute Gasteiger partial charge is 0.275 e. The summed E-state index contributed by atoms with van der Waals surface area (Å²) in [6.07, 6.45) is 4.81. The van der Waals surface area contributed by atoms with Gasteiger partial charge in [0.05, 0.1) is 11.7 Å². The van der Waals surface area contributed by atoms with Crippen LogP contribution in [0.1, 0.15) is 48.1 Å². The highest BCUT2D eigenvalue weighted by Gasteiger charge is 2.38. The summed E-state index contributed by atoms with van der Waals surface area (Å²) < 4.78 is 0. The molecule has 0 spiro atoms. The first-order chi connectivity index (χ1) is 15.1. The Labute approximate surface area is 184 Å². The number of hydrogen-bond acceptors (Lipinski definition) is 8. The Hall–Kier alpha value is -3.75. The highest BCUT2D eigenvalue weighted by atomic mass is 16.3. The zero-order valence-corrected chi connectivity index (χ0v) is 18.4. The second kappa shape index (κ2) is 7.74. The minimum absolute atomic E-state index is 0.0477. The highest BCUT2D eigenvalue weighted by molar-refractivity contribution is 5.97. The zero-order valence-electron chi connectivity index (χ0n) is 18.4. The fraction of sp³-hybridized carbons (Fsp3) is 0.348. The van der Waals surface area contributed by atoms with Gasteiger partial charge in [-0.2, -0.15) is 0 Å². The van der Waals surface area contributed by atoms with E-state index in [1.807, 2.05) is 12.1 Å². The van der Waals surface area contributed by atoms with E-state index in [4.69, 9.17) is 0 Å². The van der Waals surface area contributed by atoms with Crippen LogP contribution in [-0.2, 0) is 6.42 Å². The maximum absolute atomic E-state index is 12.4. The SMILES string of the molecule is CN(C)C(=O)c1nccc(Nc2c(NC3c4cccnc4CCC3(C)C)c(=O)c2=O)c1O. The number of pyridine rings is 2. The van der Waals surface area contributed by atoms with Crippen LogP contribution in [0.5, 0.6) is 5.75 Å². The molecule has 2 heterocycles. The van der Waals surface area contributed by atoms with Gasteiger partial charge >= 0.3 is 0 Å². The molecule has 1 unspecified atom stereocenters. The van der Waals surface area contributed by atoms with Crippen molar-refractivity contribution in [2.24, 2.45) is 5.41 Å². The van der Waals surface area contributed by atoms with Gasteiger partial charge in [0.1, 0.15) is 11.4 Å². The Balaban J connectivity index is 1.68. The number of nitrogens with one attached hydrogen (secondary N) is 2. The number of amides is 1. The molecule has 4 rings (SSSR count). The first-order valence-electron chi connectivity index (χ1n) is 10.3. The van der Waals surface area contributed by atoms with Crippen LogP contribution >= 0.6 is 0 Å². The molecule has 1 aliphatic carbocycles. The monoisotopic (exact) mass is 435 g/mol. The summed E-state index contributed by atoms with van der Waals surface area (Å²) in [7, 11) is 3.09. The predicted octanol–water partition coefficient (Wildman–Crippen LogP) is 2.35. The molecule has 3 N–H and O–H groups in total. The average molecular weight is 435 g/mol. The van der Waals surface area contributed by atoms with Crippen molar-refractivity contribution in [3.63, 3.8) is 0 Å². The van der Waals surface area contributed by atoms with Crippen molar-refractivity contribution >= 4 is 23.0 Å². The van der Waals surface area contributed by atoms with Gasteiger partial charge in [0.15, 0.2) is 11.4 Å². The third-order valence-corrected chi connectivity index (χ3v) is 6.02. The lowest BCUT2D eigenvalue weighted by Crippen LogP contribution is -2.41. The van der Waals surface area contributed by atoms with Crippen molar-refractivity contribution in [3.05, 3.63) is 68.0 Å². The molecule has 166 valence electrons. The van der Waals surface area contributed by atoms with Crippen molar-refractivity contribution in [3.8, 4) is 5.75 Å². The van der Waals surface area contributed by atoms with Gasteiger partial charge in [-0.25, -0.2) is 4.98 Å². The minimum Gasteiger partial charge on any atom is -0.504 e. The Kier molecular flexibility index (Phi) is 5.20. The molecule has 1 aromatic carbocycles. The van der Waals surface area contributed by atoms with Gasteiger partial charge in [-0.15, -0.1) is 0 Å². The molecule has 3 aromatic rings. The molecule has 1 atom stereocenters. The molecule has 0 saturated carbocycles. The minimum atomic E-state index is -0.691. The lowest BCUT2D eigenvalue weighted by Gasteiger charge is -2.40. The Morgan fingerprint density at radius 2 is 1.84 bits per heavy atom. The zero-order chi connectivity index (χ0) is 23.2. The molecule has 9 nitrogen and oxygen atoms in total. The summed E-state index contributed by atoms with van der Waals surface area (Å²) in [6.45, 7) is 4.21. The van der Waals surface area contributed by atoms with Gasteiger partial charge in [0, 0.05) is 32.2 Å². The number of nitrogens with zero attached hydrogens (tertiary/aromatic N) is 3. The number of carbonyl (C=O) groups is 1. The number of fused-ring (bicyclic) bond motifs is 1. The van der Waals surface area contributed by atoms with E-state index in [0.29, 0.717) is 0 Å². The largest absolute Gasteiger partial charge is 0.504 e. The van der Waals surface area contributed by atoms with Gasteiger partial charge in [0.2, 0.25) is 0 Å². The van der Waals surface area contributed by atoms with E-state index in [1.165, 1.54) is 17.2 Å². The molecule has 0 aliphatic heterocycles. The summed E-state index contributed by atoms with van der Waals surface area (Å²) in [5, 5.41) is 16.6. The second-order valence-corrected chi connectivity index (χ2v) is 8.89. The maximum Gasteiger partial charge on any atom is 0.275 e. The predicted molar refractivity (Wildman–Crippen MR) is 121 cm³/mol. The van der Waals surface area contributed by atoms with E-state index in [0.717, 1.165) is 24.1 Å². The molecule has 0 radical (unpaired) electrons. The van der Waals surface area contributed by atoms with Crippen LogP contribution in [0.2, 0.25) is 0 Å².